The van der Waals surface area contributed by atoms with Crippen molar-refractivity contribution in [2.75, 3.05) is 6.54 Å². The minimum Gasteiger partial charge on any atom is -0.352 e. The summed E-state index contributed by atoms with van der Waals surface area (Å²) in [5, 5.41) is 13.2. The third kappa shape index (κ3) is 2.91. The molecule has 4 heteroatoms. The van der Waals surface area contributed by atoms with Gasteiger partial charge in [-0.3, -0.25) is 4.79 Å². The van der Waals surface area contributed by atoms with E-state index in [1.54, 1.807) is 0 Å². The van der Waals surface area contributed by atoms with E-state index in [2.05, 4.69) is 11.4 Å². The average Bonchev–Trinajstić information content (AvgIpc) is 2.91. The van der Waals surface area contributed by atoms with E-state index in [0.717, 1.165) is 53.6 Å². The molecule has 0 spiro atoms. The average molecular weight is 363 g/mol. The lowest BCUT2D eigenvalue weighted by Gasteiger charge is -2.19. The second-order valence-electron chi connectivity index (χ2n) is 7.09. The van der Waals surface area contributed by atoms with Crippen LogP contribution in [0.3, 0.4) is 0 Å². The lowest BCUT2D eigenvalue weighted by molar-refractivity contribution is -0.117. The minimum atomic E-state index is 0.0354. The number of benzene rings is 2. The van der Waals surface area contributed by atoms with Crippen molar-refractivity contribution in [1.29, 1.82) is 5.26 Å². The van der Waals surface area contributed by atoms with E-state index >= 15 is 0 Å². The van der Waals surface area contributed by atoms with E-state index in [1.807, 2.05) is 43.3 Å². The van der Waals surface area contributed by atoms with Gasteiger partial charge >= 0.3 is 0 Å². The Morgan fingerprint density at radius 1 is 1.15 bits per heavy atom. The number of fused-ring (bicyclic) bond motifs is 3. The van der Waals surface area contributed by atoms with Crippen molar-refractivity contribution in [3.63, 3.8) is 0 Å². The highest BCUT2D eigenvalue weighted by Crippen LogP contribution is 2.40. The van der Waals surface area contributed by atoms with E-state index in [0.29, 0.717) is 16.5 Å². The number of nitriles is 1. The number of allylic oxidation sites excluding steroid dienone is 1. The summed E-state index contributed by atoms with van der Waals surface area (Å²) in [4.78, 5) is 12.5. The second kappa shape index (κ2) is 6.63. The maximum Gasteiger partial charge on any atom is 0.247 e. The maximum absolute atomic E-state index is 12.5. The first-order chi connectivity index (χ1) is 12.6. The molecule has 1 N–H and O–H groups in total. The van der Waals surface area contributed by atoms with E-state index in [4.69, 9.17) is 11.6 Å². The smallest absolute Gasteiger partial charge is 0.247 e. The molecule has 2 aromatic carbocycles. The van der Waals surface area contributed by atoms with E-state index in [9.17, 15) is 10.1 Å². The summed E-state index contributed by atoms with van der Waals surface area (Å²) in [5.74, 6) is 0.465. The first-order valence-corrected chi connectivity index (χ1v) is 9.26. The van der Waals surface area contributed by atoms with Crippen molar-refractivity contribution in [2.45, 2.75) is 26.2 Å². The van der Waals surface area contributed by atoms with Crippen molar-refractivity contribution in [2.24, 2.45) is 5.92 Å². The second-order valence-corrected chi connectivity index (χ2v) is 7.53. The molecule has 0 saturated carbocycles. The van der Waals surface area contributed by atoms with Crippen molar-refractivity contribution < 1.29 is 4.79 Å². The van der Waals surface area contributed by atoms with Crippen molar-refractivity contribution >= 4 is 23.1 Å². The molecule has 1 aliphatic heterocycles. The zero-order chi connectivity index (χ0) is 18.3. The van der Waals surface area contributed by atoms with Crippen molar-refractivity contribution in [3.05, 3.63) is 63.7 Å². The molecule has 1 atom stereocenters. The molecular formula is C22H19ClN2O. The fraction of sp³-hybridized carbons (Fsp3) is 0.273. The van der Waals surface area contributed by atoms with Crippen LogP contribution in [0.1, 0.15) is 36.5 Å². The highest BCUT2D eigenvalue weighted by molar-refractivity contribution is 6.30. The summed E-state index contributed by atoms with van der Waals surface area (Å²) in [5.41, 5.74) is 6.87. The third-order valence-corrected chi connectivity index (χ3v) is 5.74. The number of halogens is 1. The van der Waals surface area contributed by atoms with Crippen LogP contribution in [0.25, 0.3) is 16.7 Å². The summed E-state index contributed by atoms with van der Waals surface area (Å²) < 4.78 is 0. The number of hydrogen-bond donors (Lipinski definition) is 1. The SMILES string of the molecule is CC1=C2CC(CCNC2=O)Cc2c1cc(C#N)cc2-c1ccc(Cl)cc1. The summed E-state index contributed by atoms with van der Waals surface area (Å²) in [6, 6.07) is 13.9. The Bertz CT molecular complexity index is 967. The number of carbonyl (C=O) groups excluding carboxylic acids is 1. The quantitative estimate of drug-likeness (QED) is 0.797. The van der Waals surface area contributed by atoms with Crippen LogP contribution >= 0.6 is 11.6 Å². The number of nitrogens with one attached hydrogen (secondary N) is 1. The third-order valence-electron chi connectivity index (χ3n) is 5.49. The molecular weight excluding hydrogens is 344 g/mol. The Hall–Kier alpha value is -2.57. The van der Waals surface area contributed by atoms with E-state index in [-0.39, 0.29) is 5.91 Å². The lowest BCUT2D eigenvalue weighted by atomic mass is 9.86. The van der Waals surface area contributed by atoms with Crippen LogP contribution < -0.4 is 5.32 Å². The maximum atomic E-state index is 12.5. The van der Waals surface area contributed by atoms with Crippen LogP contribution in [-0.4, -0.2) is 12.5 Å². The normalized spacial score (nSPS) is 19.1. The van der Waals surface area contributed by atoms with Gasteiger partial charge in [0.1, 0.15) is 0 Å². The molecule has 3 nitrogen and oxygen atoms in total. The largest absolute Gasteiger partial charge is 0.352 e. The molecule has 2 bridgehead atoms. The van der Waals surface area contributed by atoms with Crippen LogP contribution in [0.15, 0.2) is 42.0 Å². The Kier molecular flexibility index (Phi) is 4.30. The molecule has 0 aromatic heterocycles. The highest BCUT2D eigenvalue weighted by atomic mass is 35.5. The van der Waals surface area contributed by atoms with Crippen LogP contribution in [0, 0.1) is 17.2 Å². The van der Waals surface area contributed by atoms with Gasteiger partial charge in [0, 0.05) is 17.1 Å². The Labute approximate surface area is 158 Å². The van der Waals surface area contributed by atoms with Gasteiger partial charge in [0.2, 0.25) is 5.91 Å². The summed E-state index contributed by atoms with van der Waals surface area (Å²) >= 11 is 6.05. The molecule has 2 aromatic rings. The molecule has 1 amide bonds. The fourth-order valence-corrected chi connectivity index (χ4v) is 4.23. The van der Waals surface area contributed by atoms with Gasteiger partial charge in [-0.25, -0.2) is 0 Å². The van der Waals surface area contributed by atoms with Gasteiger partial charge in [-0.05, 0) is 84.2 Å². The zero-order valence-electron chi connectivity index (χ0n) is 14.6. The minimum absolute atomic E-state index is 0.0354. The lowest BCUT2D eigenvalue weighted by Crippen LogP contribution is -2.24. The van der Waals surface area contributed by atoms with Gasteiger partial charge in [0.25, 0.3) is 0 Å². The Morgan fingerprint density at radius 3 is 2.62 bits per heavy atom. The summed E-state index contributed by atoms with van der Waals surface area (Å²) in [6.45, 7) is 2.73. The molecule has 26 heavy (non-hydrogen) atoms. The van der Waals surface area contributed by atoms with Gasteiger partial charge in [0.15, 0.2) is 0 Å². The molecule has 4 rings (SSSR count). The predicted molar refractivity (Wildman–Crippen MR) is 104 cm³/mol. The van der Waals surface area contributed by atoms with Gasteiger partial charge in [-0.15, -0.1) is 0 Å². The molecule has 1 aliphatic carbocycles. The Morgan fingerprint density at radius 2 is 1.88 bits per heavy atom. The van der Waals surface area contributed by atoms with Crippen LogP contribution in [0.4, 0.5) is 0 Å². The monoisotopic (exact) mass is 362 g/mol. The number of rotatable bonds is 1. The number of nitrogens with zero attached hydrogens (tertiary/aromatic N) is 1. The first-order valence-electron chi connectivity index (χ1n) is 8.88. The number of hydrogen-bond acceptors (Lipinski definition) is 2. The van der Waals surface area contributed by atoms with Crippen LogP contribution in [-0.2, 0) is 11.2 Å². The highest BCUT2D eigenvalue weighted by Gasteiger charge is 2.29. The van der Waals surface area contributed by atoms with Crippen molar-refractivity contribution in [3.8, 4) is 17.2 Å². The summed E-state index contributed by atoms with van der Waals surface area (Å²) in [7, 11) is 0. The van der Waals surface area contributed by atoms with E-state index < -0.39 is 0 Å². The Balaban J connectivity index is 1.99. The topological polar surface area (TPSA) is 52.9 Å². The van der Waals surface area contributed by atoms with Gasteiger partial charge in [0.05, 0.1) is 11.6 Å². The molecule has 1 unspecified atom stereocenters. The summed E-state index contributed by atoms with van der Waals surface area (Å²) in [6.07, 6.45) is 2.69. The molecule has 1 saturated heterocycles. The van der Waals surface area contributed by atoms with Crippen LogP contribution in [0.2, 0.25) is 5.02 Å². The molecule has 130 valence electrons. The number of amides is 1. The van der Waals surface area contributed by atoms with Gasteiger partial charge in [-0.2, -0.15) is 5.26 Å². The standard InChI is InChI=1S/C22H19ClN2O/c1-13-18-10-15(12-24)11-20(16-2-4-17(23)5-3-16)21(18)9-14-6-7-25-22(26)19(13)8-14/h2-5,10-11,14H,6-9H2,1H3,(H,25,26). The predicted octanol–water partition coefficient (Wildman–Crippen LogP) is 4.73. The van der Waals surface area contributed by atoms with E-state index in [1.165, 1.54) is 5.56 Å². The number of carbonyl (C=O) groups is 1. The van der Waals surface area contributed by atoms with Gasteiger partial charge in [-0.1, -0.05) is 23.7 Å². The zero-order valence-corrected chi connectivity index (χ0v) is 15.4. The molecule has 0 radical (unpaired) electrons. The molecule has 1 heterocycles. The first kappa shape index (κ1) is 16.9. The van der Waals surface area contributed by atoms with Crippen LogP contribution in [0.5, 0.6) is 0 Å². The molecule has 1 fully saturated rings. The van der Waals surface area contributed by atoms with Gasteiger partial charge < -0.3 is 5.32 Å². The molecule has 2 aliphatic rings. The van der Waals surface area contributed by atoms with Crippen molar-refractivity contribution in [1.82, 2.24) is 5.32 Å². The fourth-order valence-electron chi connectivity index (χ4n) is 4.11.